The summed E-state index contributed by atoms with van der Waals surface area (Å²) in [5, 5.41) is 11.3. The molecule has 3 rings (SSSR count). The lowest BCUT2D eigenvalue weighted by Gasteiger charge is -2.08. The van der Waals surface area contributed by atoms with E-state index < -0.39 is 10.0 Å². The van der Waals surface area contributed by atoms with E-state index in [1.54, 1.807) is 24.3 Å². The average molecular weight is 431 g/mol. The van der Waals surface area contributed by atoms with E-state index in [0.717, 1.165) is 5.01 Å². The molecule has 0 aliphatic heterocycles. The van der Waals surface area contributed by atoms with Crippen LogP contribution in [0.25, 0.3) is 0 Å². The lowest BCUT2D eigenvalue weighted by molar-refractivity contribution is 0.101. The minimum absolute atomic E-state index is 0.0366. The second-order valence-electron chi connectivity index (χ2n) is 6.07. The summed E-state index contributed by atoms with van der Waals surface area (Å²) >= 11 is 1.18. The van der Waals surface area contributed by atoms with Crippen molar-refractivity contribution in [2.75, 3.05) is 10.0 Å². The normalized spacial score (nSPS) is 11.1. The molecule has 0 aliphatic carbocycles. The summed E-state index contributed by atoms with van der Waals surface area (Å²) in [6.07, 6.45) is 0.672. The van der Waals surface area contributed by atoms with Crippen LogP contribution in [0.4, 0.5) is 10.8 Å². The SMILES string of the molecule is CCc1nnc(NS(=O)(=O)c2ccc(NC(=O)c3ccc(C(C)=O)cc3)cc2)s1. The molecule has 8 nitrogen and oxygen atoms in total. The number of aryl methyl sites for hydroxylation is 1. The highest BCUT2D eigenvalue weighted by atomic mass is 32.2. The van der Waals surface area contributed by atoms with Gasteiger partial charge in [-0.05, 0) is 49.7 Å². The molecule has 0 spiro atoms. The van der Waals surface area contributed by atoms with Crippen LogP contribution < -0.4 is 10.0 Å². The van der Waals surface area contributed by atoms with Gasteiger partial charge in [0.25, 0.3) is 15.9 Å². The molecule has 150 valence electrons. The first-order valence-electron chi connectivity index (χ1n) is 8.66. The Kier molecular flexibility index (Phi) is 6.04. The second kappa shape index (κ2) is 8.50. The fraction of sp³-hybridized carbons (Fsp3) is 0.158. The van der Waals surface area contributed by atoms with E-state index in [1.807, 2.05) is 6.92 Å². The molecule has 0 unspecified atom stereocenters. The Morgan fingerprint density at radius 2 is 1.59 bits per heavy atom. The van der Waals surface area contributed by atoms with Gasteiger partial charge in [-0.15, -0.1) is 10.2 Å². The van der Waals surface area contributed by atoms with Crippen LogP contribution in [-0.4, -0.2) is 30.3 Å². The Morgan fingerprint density at radius 3 is 2.14 bits per heavy atom. The number of carbonyl (C=O) groups is 2. The number of anilines is 2. The number of hydrogen-bond donors (Lipinski definition) is 2. The number of ketones is 1. The van der Waals surface area contributed by atoms with E-state index in [9.17, 15) is 18.0 Å². The molecule has 1 amide bonds. The standard InChI is InChI=1S/C19H18N4O4S2/c1-3-17-21-22-19(28-17)23-29(26,27)16-10-8-15(9-11-16)20-18(25)14-6-4-13(5-7-14)12(2)24/h4-11H,3H2,1-2H3,(H,20,25)(H,22,23). The molecule has 2 aromatic carbocycles. The lowest BCUT2D eigenvalue weighted by atomic mass is 10.1. The summed E-state index contributed by atoms with van der Waals surface area (Å²) < 4.78 is 27.3. The molecule has 0 aliphatic rings. The van der Waals surface area contributed by atoms with Gasteiger partial charge in [0, 0.05) is 16.8 Å². The van der Waals surface area contributed by atoms with Crippen LogP contribution in [-0.2, 0) is 16.4 Å². The largest absolute Gasteiger partial charge is 0.322 e. The number of nitrogens with one attached hydrogen (secondary N) is 2. The first kappa shape index (κ1) is 20.6. The maximum absolute atomic E-state index is 12.5. The lowest BCUT2D eigenvalue weighted by Crippen LogP contribution is -2.14. The third kappa shape index (κ3) is 5.04. The molecule has 0 fully saturated rings. The van der Waals surface area contributed by atoms with Crippen LogP contribution in [0.5, 0.6) is 0 Å². The van der Waals surface area contributed by atoms with Gasteiger partial charge in [-0.1, -0.05) is 30.4 Å². The van der Waals surface area contributed by atoms with Gasteiger partial charge in [-0.3, -0.25) is 14.3 Å². The van der Waals surface area contributed by atoms with E-state index >= 15 is 0 Å². The molecule has 1 heterocycles. The number of amides is 1. The zero-order chi connectivity index (χ0) is 21.0. The van der Waals surface area contributed by atoms with E-state index in [2.05, 4.69) is 20.2 Å². The molecule has 0 radical (unpaired) electrons. The predicted octanol–water partition coefficient (Wildman–Crippen LogP) is 3.36. The van der Waals surface area contributed by atoms with Crippen molar-refractivity contribution in [2.45, 2.75) is 25.2 Å². The van der Waals surface area contributed by atoms with Gasteiger partial charge in [0.2, 0.25) is 5.13 Å². The maximum atomic E-state index is 12.5. The number of Topliss-reactive ketones (excluding diaryl/α,β-unsaturated/α-hetero) is 1. The minimum Gasteiger partial charge on any atom is -0.322 e. The van der Waals surface area contributed by atoms with E-state index in [1.165, 1.54) is 42.5 Å². The van der Waals surface area contributed by atoms with E-state index in [-0.39, 0.29) is 21.7 Å². The Morgan fingerprint density at radius 1 is 0.966 bits per heavy atom. The Bertz CT molecular complexity index is 1140. The molecule has 3 aromatic rings. The summed E-state index contributed by atoms with van der Waals surface area (Å²) in [5.41, 5.74) is 1.34. The minimum atomic E-state index is -3.81. The zero-order valence-corrected chi connectivity index (χ0v) is 17.3. The van der Waals surface area contributed by atoms with Crippen molar-refractivity contribution in [1.29, 1.82) is 0 Å². The van der Waals surface area contributed by atoms with Crippen molar-refractivity contribution in [3.05, 3.63) is 64.7 Å². The van der Waals surface area contributed by atoms with Crippen LogP contribution >= 0.6 is 11.3 Å². The number of carbonyl (C=O) groups excluding carboxylic acids is 2. The van der Waals surface area contributed by atoms with Crippen LogP contribution in [0.2, 0.25) is 0 Å². The number of nitrogens with zero attached hydrogens (tertiary/aromatic N) is 2. The van der Waals surface area contributed by atoms with Crippen LogP contribution in [0.3, 0.4) is 0 Å². The molecule has 0 atom stereocenters. The van der Waals surface area contributed by atoms with Gasteiger partial charge in [0.1, 0.15) is 5.01 Å². The Hall–Kier alpha value is -3.11. The van der Waals surface area contributed by atoms with Gasteiger partial charge >= 0.3 is 0 Å². The first-order valence-corrected chi connectivity index (χ1v) is 11.0. The van der Waals surface area contributed by atoms with Crippen LogP contribution in [0.15, 0.2) is 53.4 Å². The molecule has 2 N–H and O–H groups in total. The zero-order valence-electron chi connectivity index (χ0n) is 15.7. The van der Waals surface area contributed by atoms with Gasteiger partial charge in [0.05, 0.1) is 4.90 Å². The van der Waals surface area contributed by atoms with Crippen LogP contribution in [0, 0.1) is 0 Å². The topological polar surface area (TPSA) is 118 Å². The van der Waals surface area contributed by atoms with Crippen molar-refractivity contribution in [3.8, 4) is 0 Å². The van der Waals surface area contributed by atoms with Crippen molar-refractivity contribution in [1.82, 2.24) is 10.2 Å². The fourth-order valence-corrected chi connectivity index (χ4v) is 4.30. The molecule has 0 bridgehead atoms. The summed E-state index contributed by atoms with van der Waals surface area (Å²) in [4.78, 5) is 23.6. The highest BCUT2D eigenvalue weighted by Gasteiger charge is 2.17. The second-order valence-corrected chi connectivity index (χ2v) is 8.82. The molecule has 10 heteroatoms. The molecule has 0 saturated heterocycles. The van der Waals surface area contributed by atoms with E-state index in [4.69, 9.17) is 0 Å². The molecule has 29 heavy (non-hydrogen) atoms. The average Bonchev–Trinajstić information content (AvgIpc) is 3.15. The van der Waals surface area contributed by atoms with Crippen LogP contribution in [0.1, 0.15) is 39.6 Å². The molecular weight excluding hydrogens is 412 g/mol. The number of rotatable bonds is 7. The van der Waals surface area contributed by atoms with Gasteiger partial charge in [-0.2, -0.15) is 0 Å². The van der Waals surface area contributed by atoms with Gasteiger partial charge in [-0.25, -0.2) is 8.42 Å². The summed E-state index contributed by atoms with van der Waals surface area (Å²) in [7, 11) is -3.81. The Labute approximate surface area is 172 Å². The highest BCUT2D eigenvalue weighted by molar-refractivity contribution is 7.93. The van der Waals surface area contributed by atoms with Crippen molar-refractivity contribution in [2.24, 2.45) is 0 Å². The summed E-state index contributed by atoms with van der Waals surface area (Å²) in [5.74, 6) is -0.448. The molecule has 1 aromatic heterocycles. The third-order valence-corrected chi connectivity index (χ3v) is 6.43. The Balaban J connectivity index is 1.68. The molecule has 0 saturated carbocycles. The smallest absolute Gasteiger partial charge is 0.263 e. The highest BCUT2D eigenvalue weighted by Crippen LogP contribution is 2.21. The van der Waals surface area contributed by atoms with Crippen molar-refractivity contribution in [3.63, 3.8) is 0 Å². The number of sulfonamides is 1. The number of hydrogen-bond acceptors (Lipinski definition) is 7. The van der Waals surface area contributed by atoms with Crippen molar-refractivity contribution < 1.29 is 18.0 Å². The molecular formula is C19H18N4O4S2. The van der Waals surface area contributed by atoms with E-state index in [0.29, 0.717) is 23.2 Å². The maximum Gasteiger partial charge on any atom is 0.263 e. The number of aromatic nitrogens is 2. The predicted molar refractivity (Wildman–Crippen MR) is 111 cm³/mol. The van der Waals surface area contributed by atoms with Gasteiger partial charge < -0.3 is 5.32 Å². The summed E-state index contributed by atoms with van der Waals surface area (Å²) in [6.45, 7) is 3.36. The first-order chi connectivity index (χ1) is 13.8. The monoisotopic (exact) mass is 430 g/mol. The third-order valence-electron chi connectivity index (χ3n) is 3.97. The number of benzene rings is 2. The summed E-state index contributed by atoms with van der Waals surface area (Å²) in [6, 6.07) is 12.0. The fourth-order valence-electron chi connectivity index (χ4n) is 2.39. The van der Waals surface area contributed by atoms with Gasteiger partial charge in [0.15, 0.2) is 5.78 Å². The quantitative estimate of drug-likeness (QED) is 0.555. The van der Waals surface area contributed by atoms with Crippen molar-refractivity contribution >= 4 is 43.9 Å².